The molecular weight excluding hydrogens is 300 g/mol. The number of para-hydroxylation sites is 2. The van der Waals surface area contributed by atoms with E-state index < -0.39 is 0 Å². The van der Waals surface area contributed by atoms with Crippen molar-refractivity contribution in [3.05, 3.63) is 47.0 Å². The van der Waals surface area contributed by atoms with E-state index in [1.54, 1.807) is 49.4 Å². The van der Waals surface area contributed by atoms with Crippen molar-refractivity contribution in [1.29, 1.82) is 10.5 Å². The monoisotopic (exact) mass is 310 g/mol. The molecule has 22 heavy (non-hydrogen) atoms. The number of anilines is 1. The van der Waals surface area contributed by atoms with Crippen LogP contribution >= 0.6 is 11.6 Å². The van der Waals surface area contributed by atoms with E-state index in [4.69, 9.17) is 22.1 Å². The molecule has 6 heteroatoms. The summed E-state index contributed by atoms with van der Waals surface area (Å²) < 4.78 is 0. The largest absolute Gasteiger partial charge is 0.507 e. The van der Waals surface area contributed by atoms with Gasteiger partial charge in [-0.3, -0.25) is 5.43 Å². The van der Waals surface area contributed by atoms with Crippen molar-refractivity contribution in [2.75, 3.05) is 5.43 Å². The van der Waals surface area contributed by atoms with Crippen molar-refractivity contribution >= 4 is 23.0 Å². The maximum absolute atomic E-state index is 10.2. The summed E-state index contributed by atoms with van der Waals surface area (Å²) in [5, 5.41) is 31.7. The Morgan fingerprint density at radius 2 is 1.77 bits per heavy atom. The quantitative estimate of drug-likeness (QED) is 0.665. The molecule has 0 atom stereocenters. The number of nitrogens with one attached hydrogen (secondary N) is 1. The molecule has 0 unspecified atom stereocenters. The van der Waals surface area contributed by atoms with Crippen molar-refractivity contribution in [1.82, 2.24) is 0 Å². The second-order valence-electron chi connectivity index (χ2n) is 4.43. The third-order valence-corrected chi connectivity index (χ3v) is 3.35. The van der Waals surface area contributed by atoms with Crippen LogP contribution in [0.25, 0.3) is 11.1 Å². The van der Waals surface area contributed by atoms with Crippen LogP contribution in [0, 0.1) is 29.6 Å². The van der Waals surface area contributed by atoms with Crippen LogP contribution in [0.4, 0.5) is 5.69 Å². The molecule has 0 aromatic heterocycles. The highest BCUT2D eigenvalue weighted by Gasteiger charge is 2.13. The Labute approximate surface area is 132 Å². The summed E-state index contributed by atoms with van der Waals surface area (Å²) in [6, 6.07) is 13.8. The van der Waals surface area contributed by atoms with Gasteiger partial charge in [0.25, 0.3) is 0 Å². The summed E-state index contributed by atoms with van der Waals surface area (Å²) in [6.07, 6.45) is 0. The fraction of sp³-hybridized carbons (Fsp3) is 0.0625. The number of nitrogens with zero attached hydrogens (tertiary/aromatic N) is 3. The van der Waals surface area contributed by atoms with Crippen molar-refractivity contribution in [2.24, 2.45) is 5.10 Å². The number of nitriles is 2. The molecule has 0 radical (unpaired) electrons. The molecule has 2 rings (SSSR count). The van der Waals surface area contributed by atoms with Gasteiger partial charge in [0.05, 0.1) is 10.7 Å². The number of aromatic hydroxyl groups is 1. The maximum atomic E-state index is 10.2. The van der Waals surface area contributed by atoms with Gasteiger partial charge in [-0.05, 0) is 18.6 Å². The highest BCUT2D eigenvalue weighted by Crippen LogP contribution is 2.39. The van der Waals surface area contributed by atoms with Gasteiger partial charge in [-0.2, -0.15) is 15.6 Å². The number of hydrogen-bond acceptors (Lipinski definition) is 5. The zero-order valence-corrected chi connectivity index (χ0v) is 12.4. The number of hydrazone groups is 1. The number of phenolic OH excluding ortho intramolecular Hbond substituents is 1. The lowest BCUT2D eigenvalue weighted by Gasteiger charge is -2.13. The summed E-state index contributed by atoms with van der Waals surface area (Å²) in [5.41, 5.74) is 4.64. The number of aryl methyl sites for hydroxylation is 1. The van der Waals surface area contributed by atoms with Crippen molar-refractivity contribution in [3.63, 3.8) is 0 Å². The molecule has 108 valence electrons. The van der Waals surface area contributed by atoms with Gasteiger partial charge in [0, 0.05) is 11.1 Å². The SMILES string of the molecule is Cc1cccc(-c2cccc(Cl)c2NN=C(C#N)C#N)c1O. The van der Waals surface area contributed by atoms with Crippen LogP contribution in [0.1, 0.15) is 5.56 Å². The fourth-order valence-electron chi connectivity index (χ4n) is 1.93. The van der Waals surface area contributed by atoms with E-state index in [0.717, 1.165) is 5.56 Å². The lowest BCUT2D eigenvalue weighted by Crippen LogP contribution is -1.99. The summed E-state index contributed by atoms with van der Waals surface area (Å²) in [5.74, 6) is 0.137. The van der Waals surface area contributed by atoms with E-state index in [0.29, 0.717) is 21.8 Å². The first-order chi connectivity index (χ1) is 10.6. The molecule has 5 nitrogen and oxygen atoms in total. The van der Waals surface area contributed by atoms with Gasteiger partial charge in [-0.1, -0.05) is 41.9 Å². The molecule has 0 bridgehead atoms. The Morgan fingerprint density at radius 1 is 1.14 bits per heavy atom. The Morgan fingerprint density at radius 3 is 2.45 bits per heavy atom. The van der Waals surface area contributed by atoms with Gasteiger partial charge in [0.2, 0.25) is 5.71 Å². The van der Waals surface area contributed by atoms with Crippen molar-refractivity contribution in [3.8, 4) is 29.0 Å². The predicted octanol–water partition coefficient (Wildman–Crippen LogP) is 3.84. The Balaban J connectivity index is 2.57. The molecule has 0 heterocycles. The van der Waals surface area contributed by atoms with E-state index in [1.807, 2.05) is 6.07 Å². The van der Waals surface area contributed by atoms with Gasteiger partial charge in [-0.25, -0.2) is 0 Å². The lowest BCUT2D eigenvalue weighted by molar-refractivity contribution is 0.473. The Bertz CT molecular complexity index is 815. The van der Waals surface area contributed by atoms with Crippen LogP contribution in [-0.4, -0.2) is 10.8 Å². The smallest absolute Gasteiger partial charge is 0.237 e. The van der Waals surface area contributed by atoms with Gasteiger partial charge < -0.3 is 5.11 Å². The standard InChI is InChI=1S/C16H11ClN4O/c1-10-4-2-6-13(16(10)22)12-5-3-7-14(17)15(12)21-20-11(8-18)9-19/h2-7,21-22H,1H3. The summed E-state index contributed by atoms with van der Waals surface area (Å²) in [7, 11) is 0. The maximum Gasteiger partial charge on any atom is 0.237 e. The van der Waals surface area contributed by atoms with E-state index >= 15 is 0 Å². The van der Waals surface area contributed by atoms with Crippen LogP contribution in [0.2, 0.25) is 5.02 Å². The van der Waals surface area contributed by atoms with Crippen LogP contribution < -0.4 is 5.43 Å². The average Bonchev–Trinajstić information content (AvgIpc) is 2.52. The zero-order chi connectivity index (χ0) is 16.1. The van der Waals surface area contributed by atoms with E-state index in [2.05, 4.69) is 10.5 Å². The topological polar surface area (TPSA) is 92.2 Å². The third-order valence-electron chi connectivity index (χ3n) is 3.03. The minimum absolute atomic E-state index is 0.137. The second-order valence-corrected chi connectivity index (χ2v) is 4.84. The summed E-state index contributed by atoms with van der Waals surface area (Å²) in [4.78, 5) is 0. The molecule has 0 amide bonds. The minimum Gasteiger partial charge on any atom is -0.507 e. The first kappa shape index (κ1) is 15.4. The van der Waals surface area contributed by atoms with Gasteiger partial charge in [0.1, 0.15) is 17.9 Å². The predicted molar refractivity (Wildman–Crippen MR) is 85.6 cm³/mol. The summed E-state index contributed by atoms with van der Waals surface area (Å²) in [6.45, 7) is 1.79. The lowest BCUT2D eigenvalue weighted by atomic mass is 10.0. The molecule has 0 aliphatic carbocycles. The van der Waals surface area contributed by atoms with Crippen molar-refractivity contribution < 1.29 is 5.11 Å². The highest BCUT2D eigenvalue weighted by molar-refractivity contribution is 6.34. The number of phenols is 1. The van der Waals surface area contributed by atoms with Gasteiger partial charge in [-0.15, -0.1) is 0 Å². The van der Waals surface area contributed by atoms with Gasteiger partial charge in [0.15, 0.2) is 0 Å². The first-order valence-corrected chi connectivity index (χ1v) is 6.67. The average molecular weight is 311 g/mol. The number of benzene rings is 2. The molecule has 2 aromatic rings. The molecular formula is C16H11ClN4O. The summed E-state index contributed by atoms with van der Waals surface area (Å²) >= 11 is 6.16. The molecule has 2 N–H and O–H groups in total. The van der Waals surface area contributed by atoms with E-state index in [9.17, 15) is 5.11 Å². The van der Waals surface area contributed by atoms with Gasteiger partial charge >= 0.3 is 0 Å². The Kier molecular flexibility index (Phi) is 4.63. The van der Waals surface area contributed by atoms with Crippen LogP contribution in [-0.2, 0) is 0 Å². The third kappa shape index (κ3) is 3.01. The highest BCUT2D eigenvalue weighted by atomic mass is 35.5. The Hall–Kier alpha value is -3.02. The number of hydrogen-bond donors (Lipinski definition) is 2. The zero-order valence-electron chi connectivity index (χ0n) is 11.6. The molecule has 0 fully saturated rings. The van der Waals surface area contributed by atoms with E-state index in [1.165, 1.54) is 0 Å². The number of halogens is 1. The molecule has 0 aliphatic heterocycles. The van der Waals surface area contributed by atoms with Crippen LogP contribution in [0.15, 0.2) is 41.5 Å². The number of rotatable bonds is 3. The first-order valence-electron chi connectivity index (χ1n) is 6.30. The van der Waals surface area contributed by atoms with Crippen molar-refractivity contribution in [2.45, 2.75) is 6.92 Å². The molecule has 0 spiro atoms. The normalized spacial score (nSPS) is 9.45. The van der Waals surface area contributed by atoms with Crippen LogP contribution in [0.5, 0.6) is 5.75 Å². The molecule has 0 aliphatic rings. The minimum atomic E-state index is -0.320. The molecule has 0 saturated heterocycles. The molecule has 2 aromatic carbocycles. The van der Waals surface area contributed by atoms with E-state index in [-0.39, 0.29) is 11.5 Å². The fourth-order valence-corrected chi connectivity index (χ4v) is 2.14. The van der Waals surface area contributed by atoms with Crippen LogP contribution in [0.3, 0.4) is 0 Å². The molecule has 0 saturated carbocycles. The second kappa shape index (κ2) is 6.62.